The number of rotatable bonds is 6. The summed E-state index contributed by atoms with van der Waals surface area (Å²) in [5, 5.41) is 3.27. The zero-order valence-corrected chi connectivity index (χ0v) is 13.0. The number of piperazine rings is 1. The molecule has 4 nitrogen and oxygen atoms in total. The lowest BCUT2D eigenvalue weighted by Gasteiger charge is -2.38. The summed E-state index contributed by atoms with van der Waals surface area (Å²) < 4.78 is 23.7. The van der Waals surface area contributed by atoms with Crippen molar-refractivity contribution in [1.82, 2.24) is 10.2 Å². The molecule has 1 rings (SSSR count). The number of nitrogens with zero attached hydrogens (tertiary/aromatic N) is 1. The Morgan fingerprint density at radius 3 is 2.61 bits per heavy atom. The van der Waals surface area contributed by atoms with Crippen LogP contribution in [0.25, 0.3) is 0 Å². The third-order valence-corrected chi connectivity index (χ3v) is 5.99. The second-order valence-electron chi connectivity index (χ2n) is 5.65. The molecule has 0 aliphatic carbocycles. The maximum atomic E-state index is 11.8. The van der Waals surface area contributed by atoms with E-state index in [9.17, 15) is 8.42 Å². The zero-order valence-electron chi connectivity index (χ0n) is 12.1. The lowest BCUT2D eigenvalue weighted by atomic mass is 10.1. The van der Waals surface area contributed by atoms with Crippen LogP contribution in [0.2, 0.25) is 0 Å². The largest absolute Gasteiger partial charge is 0.311 e. The predicted octanol–water partition coefficient (Wildman–Crippen LogP) is 1.27. The molecule has 0 aromatic heterocycles. The molecule has 0 bridgehead atoms. The van der Waals surface area contributed by atoms with Crippen molar-refractivity contribution in [3.05, 3.63) is 0 Å². The van der Waals surface area contributed by atoms with Gasteiger partial charge in [0, 0.05) is 31.7 Å². The van der Waals surface area contributed by atoms with Gasteiger partial charge in [-0.15, -0.1) is 0 Å². The van der Waals surface area contributed by atoms with Gasteiger partial charge in [-0.2, -0.15) is 0 Å². The highest BCUT2D eigenvalue weighted by molar-refractivity contribution is 7.92. The summed E-state index contributed by atoms with van der Waals surface area (Å²) in [6.45, 7) is 10.5. The van der Waals surface area contributed by atoms with Crippen molar-refractivity contribution in [1.29, 1.82) is 0 Å². The van der Waals surface area contributed by atoms with Gasteiger partial charge in [-0.1, -0.05) is 13.3 Å². The molecule has 1 fully saturated rings. The first-order valence-corrected chi connectivity index (χ1v) is 8.77. The molecule has 0 saturated carbocycles. The van der Waals surface area contributed by atoms with Crippen LogP contribution >= 0.6 is 0 Å². The Balaban J connectivity index is 2.49. The first-order chi connectivity index (χ1) is 8.36. The summed E-state index contributed by atoms with van der Waals surface area (Å²) in [4.78, 5) is 2.32. The second-order valence-corrected chi connectivity index (χ2v) is 8.33. The summed E-state index contributed by atoms with van der Waals surface area (Å²) in [5.41, 5.74) is 0. The van der Waals surface area contributed by atoms with Gasteiger partial charge in [-0.05, 0) is 27.2 Å². The lowest BCUT2D eigenvalue weighted by Crippen LogP contribution is -2.56. The Morgan fingerprint density at radius 1 is 1.39 bits per heavy atom. The molecular weight excluding hydrogens is 248 g/mol. The van der Waals surface area contributed by atoms with E-state index in [2.05, 4.69) is 24.1 Å². The predicted molar refractivity (Wildman–Crippen MR) is 76.7 cm³/mol. The van der Waals surface area contributed by atoms with E-state index in [1.807, 2.05) is 0 Å². The minimum atomic E-state index is -2.91. The molecule has 0 aromatic rings. The van der Waals surface area contributed by atoms with Gasteiger partial charge in [0.25, 0.3) is 0 Å². The first-order valence-electron chi connectivity index (χ1n) is 7.05. The molecule has 0 aromatic carbocycles. The third kappa shape index (κ3) is 4.52. The molecule has 1 aliphatic heterocycles. The van der Waals surface area contributed by atoms with Crippen LogP contribution in [-0.2, 0) is 9.84 Å². The Hall–Kier alpha value is -0.130. The number of nitrogens with one attached hydrogen (secondary N) is 1. The highest BCUT2D eigenvalue weighted by atomic mass is 32.2. The maximum Gasteiger partial charge on any atom is 0.153 e. The van der Waals surface area contributed by atoms with Crippen LogP contribution in [0.15, 0.2) is 0 Å². The molecular formula is C13H28N2O2S. The fourth-order valence-electron chi connectivity index (χ4n) is 2.33. The van der Waals surface area contributed by atoms with Gasteiger partial charge >= 0.3 is 0 Å². The fourth-order valence-corrected chi connectivity index (χ4v) is 3.29. The van der Waals surface area contributed by atoms with Crippen LogP contribution in [0.4, 0.5) is 0 Å². The summed E-state index contributed by atoms with van der Waals surface area (Å²) in [6.07, 6.45) is 2.34. The van der Waals surface area contributed by atoms with Crippen LogP contribution in [0.5, 0.6) is 0 Å². The highest BCUT2D eigenvalue weighted by Gasteiger charge is 2.26. The van der Waals surface area contributed by atoms with E-state index in [0.29, 0.717) is 18.6 Å². The summed E-state index contributed by atoms with van der Waals surface area (Å²) >= 11 is 0. The van der Waals surface area contributed by atoms with Crippen molar-refractivity contribution in [2.24, 2.45) is 0 Å². The Labute approximate surface area is 112 Å². The third-order valence-electron chi connectivity index (χ3n) is 3.80. The van der Waals surface area contributed by atoms with Gasteiger partial charge in [0.2, 0.25) is 0 Å². The minimum Gasteiger partial charge on any atom is -0.311 e. The van der Waals surface area contributed by atoms with Gasteiger partial charge in [0.1, 0.15) is 0 Å². The molecule has 0 spiro atoms. The quantitative estimate of drug-likeness (QED) is 0.794. The average Bonchev–Trinajstić information content (AvgIpc) is 2.30. The monoisotopic (exact) mass is 276 g/mol. The minimum absolute atomic E-state index is 0.262. The van der Waals surface area contributed by atoms with Gasteiger partial charge < -0.3 is 5.32 Å². The van der Waals surface area contributed by atoms with Crippen molar-refractivity contribution in [2.75, 3.05) is 25.4 Å². The molecule has 18 heavy (non-hydrogen) atoms. The summed E-state index contributed by atoms with van der Waals surface area (Å²) in [5.74, 6) is 0.286. The van der Waals surface area contributed by atoms with E-state index in [0.717, 1.165) is 13.1 Å². The van der Waals surface area contributed by atoms with E-state index in [-0.39, 0.29) is 11.0 Å². The molecule has 1 heterocycles. The van der Waals surface area contributed by atoms with E-state index in [4.69, 9.17) is 0 Å². The molecule has 2 atom stereocenters. The van der Waals surface area contributed by atoms with Gasteiger partial charge in [0.15, 0.2) is 9.84 Å². The highest BCUT2D eigenvalue weighted by Crippen LogP contribution is 2.11. The Kier molecular flexibility index (Phi) is 6.08. The van der Waals surface area contributed by atoms with E-state index >= 15 is 0 Å². The van der Waals surface area contributed by atoms with E-state index < -0.39 is 9.84 Å². The number of sulfone groups is 1. The maximum absolute atomic E-state index is 11.8. The number of hydrogen-bond donors (Lipinski definition) is 1. The Morgan fingerprint density at radius 2 is 2.06 bits per heavy atom. The molecule has 2 unspecified atom stereocenters. The Bertz CT molecular complexity index is 341. The smallest absolute Gasteiger partial charge is 0.153 e. The topological polar surface area (TPSA) is 49.4 Å². The molecule has 0 amide bonds. The van der Waals surface area contributed by atoms with Gasteiger partial charge in [-0.3, -0.25) is 4.90 Å². The average molecular weight is 276 g/mol. The standard InChI is InChI=1S/C13H28N2O2S/c1-5-6-13-10-15(12(4)9-14-13)7-8-18(16,17)11(2)3/h11-14H,5-10H2,1-4H3. The van der Waals surface area contributed by atoms with Crippen molar-refractivity contribution in [3.63, 3.8) is 0 Å². The van der Waals surface area contributed by atoms with E-state index in [1.54, 1.807) is 13.8 Å². The SMILES string of the molecule is CCCC1CN(CCS(=O)(=O)C(C)C)C(C)CN1. The van der Waals surface area contributed by atoms with Crippen LogP contribution in [0.1, 0.15) is 40.5 Å². The van der Waals surface area contributed by atoms with Gasteiger partial charge in [-0.25, -0.2) is 8.42 Å². The zero-order chi connectivity index (χ0) is 13.8. The normalized spacial score (nSPS) is 26.7. The van der Waals surface area contributed by atoms with E-state index in [1.165, 1.54) is 12.8 Å². The number of hydrogen-bond acceptors (Lipinski definition) is 4. The van der Waals surface area contributed by atoms with Crippen molar-refractivity contribution in [2.45, 2.75) is 57.9 Å². The summed E-state index contributed by atoms with van der Waals surface area (Å²) in [7, 11) is -2.91. The molecule has 5 heteroatoms. The summed E-state index contributed by atoms with van der Waals surface area (Å²) in [6, 6.07) is 0.952. The van der Waals surface area contributed by atoms with Crippen molar-refractivity contribution >= 4 is 9.84 Å². The van der Waals surface area contributed by atoms with Crippen LogP contribution in [0.3, 0.4) is 0 Å². The fraction of sp³-hybridized carbons (Fsp3) is 1.00. The van der Waals surface area contributed by atoms with Crippen LogP contribution in [0, 0.1) is 0 Å². The van der Waals surface area contributed by atoms with Crippen molar-refractivity contribution < 1.29 is 8.42 Å². The molecule has 108 valence electrons. The van der Waals surface area contributed by atoms with Crippen LogP contribution in [-0.4, -0.2) is 56.0 Å². The molecule has 1 aliphatic rings. The molecule has 0 radical (unpaired) electrons. The molecule has 1 saturated heterocycles. The lowest BCUT2D eigenvalue weighted by molar-refractivity contribution is 0.145. The molecule has 1 N–H and O–H groups in total. The van der Waals surface area contributed by atoms with Crippen LogP contribution < -0.4 is 5.32 Å². The van der Waals surface area contributed by atoms with Gasteiger partial charge in [0.05, 0.1) is 11.0 Å². The first kappa shape index (κ1) is 15.9. The second kappa shape index (κ2) is 6.87. The van der Waals surface area contributed by atoms with Crippen molar-refractivity contribution in [3.8, 4) is 0 Å².